The number of para-hydroxylation sites is 1. The van der Waals surface area contributed by atoms with E-state index in [1.165, 1.54) is 66.7 Å². The summed E-state index contributed by atoms with van der Waals surface area (Å²) in [4.78, 5) is 24.7. The molecule has 0 radical (unpaired) electrons. The number of hydrogen-bond donors (Lipinski definition) is 4. The molecular weight excluding hydrogens is 610 g/mol. The first-order valence-electron chi connectivity index (χ1n) is 13.8. The molecule has 0 aliphatic carbocycles. The third kappa shape index (κ3) is 10.9. The monoisotopic (exact) mass is 640 g/mol. The second-order valence-corrected chi connectivity index (χ2v) is 10.1. The summed E-state index contributed by atoms with van der Waals surface area (Å²) in [5.41, 5.74) is 0.781. The molecule has 0 unspecified atom stereocenters. The molecule has 1 saturated heterocycles. The maximum absolute atomic E-state index is 15.1. The molecule has 45 heavy (non-hydrogen) atoms. The molecule has 9 nitrogen and oxygen atoms in total. The number of ether oxygens (including phenoxy) is 3. The molecule has 4 rings (SSSR count). The number of halogens is 6. The Balaban J connectivity index is 1.36. The Bertz CT molecular complexity index is 1420. The Morgan fingerprint density at radius 1 is 0.956 bits per heavy atom. The largest absolute Gasteiger partial charge is 0.489 e. The maximum atomic E-state index is 15.1. The highest BCUT2D eigenvalue weighted by Crippen LogP contribution is 2.29. The first-order chi connectivity index (χ1) is 21.4. The van der Waals surface area contributed by atoms with E-state index in [1.54, 1.807) is 5.32 Å². The standard InChI is InChI=1S/C30H30F6N4O5/c31-19-6-4-18(5-7-19)12-25(28(41)39-21-10-8-20(32)9-11-21)40-27-24(33)2-1-3-26(27)44-16-23-13-37-22(14-43-23)15-45-29(42)38-17-30(34,35)36/h1-11,22-23,25,37,40H,12-17H2,(H,38,42)(H,39,41)/t22-,23-,25-/m0/s1. The van der Waals surface area contributed by atoms with Crippen LogP contribution < -0.4 is 26.0 Å². The van der Waals surface area contributed by atoms with Crippen LogP contribution in [0, 0.1) is 17.5 Å². The summed E-state index contributed by atoms with van der Waals surface area (Å²) < 4.78 is 94.9. The molecule has 4 N–H and O–H groups in total. The molecule has 1 aliphatic heterocycles. The van der Waals surface area contributed by atoms with Crippen molar-refractivity contribution >= 4 is 23.4 Å². The van der Waals surface area contributed by atoms with E-state index in [0.717, 1.165) is 0 Å². The summed E-state index contributed by atoms with van der Waals surface area (Å²) in [6.45, 7) is -1.51. The first-order valence-corrected chi connectivity index (χ1v) is 13.8. The molecule has 3 aromatic carbocycles. The third-order valence-corrected chi connectivity index (χ3v) is 6.52. The van der Waals surface area contributed by atoms with Crippen molar-refractivity contribution in [2.45, 2.75) is 30.8 Å². The number of alkyl halides is 3. The van der Waals surface area contributed by atoms with Crippen molar-refractivity contribution in [3.05, 3.63) is 89.7 Å². The number of rotatable bonds is 12. The van der Waals surface area contributed by atoms with Gasteiger partial charge in [0.1, 0.15) is 60.8 Å². The lowest BCUT2D eigenvalue weighted by molar-refractivity contribution is -0.124. The highest BCUT2D eigenvalue weighted by atomic mass is 19.4. The van der Waals surface area contributed by atoms with Crippen molar-refractivity contribution in [3.8, 4) is 5.75 Å². The smallest absolute Gasteiger partial charge is 0.407 e. The van der Waals surface area contributed by atoms with Crippen molar-refractivity contribution in [2.24, 2.45) is 0 Å². The van der Waals surface area contributed by atoms with E-state index >= 15 is 4.39 Å². The molecule has 1 fully saturated rings. The molecule has 0 spiro atoms. The Kier molecular flexibility index (Phi) is 11.5. The van der Waals surface area contributed by atoms with Gasteiger partial charge in [0, 0.05) is 18.7 Å². The minimum atomic E-state index is -4.56. The van der Waals surface area contributed by atoms with Gasteiger partial charge in [-0.1, -0.05) is 18.2 Å². The van der Waals surface area contributed by atoms with Crippen molar-refractivity contribution in [2.75, 3.05) is 43.5 Å². The van der Waals surface area contributed by atoms with Crippen LogP contribution in [0.4, 0.5) is 42.5 Å². The molecule has 3 aromatic rings. The molecule has 15 heteroatoms. The van der Waals surface area contributed by atoms with Gasteiger partial charge >= 0.3 is 12.3 Å². The normalized spacial score (nSPS) is 17.2. The van der Waals surface area contributed by atoms with Gasteiger partial charge in [0.05, 0.1) is 12.6 Å². The number of amides is 2. The van der Waals surface area contributed by atoms with Gasteiger partial charge in [-0.05, 0) is 54.1 Å². The van der Waals surface area contributed by atoms with Crippen molar-refractivity contribution in [3.63, 3.8) is 0 Å². The van der Waals surface area contributed by atoms with Gasteiger partial charge in [-0.25, -0.2) is 18.0 Å². The van der Waals surface area contributed by atoms with Gasteiger partial charge in [-0.2, -0.15) is 13.2 Å². The van der Waals surface area contributed by atoms with Gasteiger partial charge < -0.3 is 35.5 Å². The lowest BCUT2D eigenvalue weighted by Gasteiger charge is -2.30. The van der Waals surface area contributed by atoms with Crippen molar-refractivity contribution in [1.82, 2.24) is 10.6 Å². The molecule has 0 saturated carbocycles. The lowest BCUT2D eigenvalue weighted by atomic mass is 10.0. The predicted octanol–water partition coefficient (Wildman–Crippen LogP) is 4.79. The van der Waals surface area contributed by atoms with Gasteiger partial charge in [-0.3, -0.25) is 4.79 Å². The Morgan fingerprint density at radius 2 is 1.64 bits per heavy atom. The molecule has 1 heterocycles. The summed E-state index contributed by atoms with van der Waals surface area (Å²) in [5.74, 6) is -2.16. The SMILES string of the molecule is O=C(NCC(F)(F)F)OC[C@@H]1CO[C@H](COc2cccc(F)c2N[C@@H](Cc2ccc(F)cc2)C(=O)Nc2ccc(F)cc2)CN1. The number of hydrogen-bond acceptors (Lipinski definition) is 7. The Hall–Kier alpha value is -4.50. The first kappa shape index (κ1) is 33.4. The minimum absolute atomic E-state index is 0.0361. The fourth-order valence-corrected chi connectivity index (χ4v) is 4.23. The van der Waals surface area contributed by atoms with Gasteiger partial charge in [0.2, 0.25) is 5.91 Å². The summed E-state index contributed by atoms with van der Waals surface area (Å²) >= 11 is 0. The third-order valence-electron chi connectivity index (χ3n) is 6.52. The fourth-order valence-electron chi connectivity index (χ4n) is 4.23. The molecular formula is C30H30F6N4O5. The zero-order valence-electron chi connectivity index (χ0n) is 23.6. The highest BCUT2D eigenvalue weighted by molar-refractivity contribution is 5.97. The quantitative estimate of drug-likeness (QED) is 0.211. The average Bonchev–Trinajstić information content (AvgIpc) is 3.01. The van der Waals surface area contributed by atoms with Crippen LogP contribution in [0.1, 0.15) is 5.56 Å². The van der Waals surface area contributed by atoms with E-state index < -0.39 is 60.4 Å². The zero-order valence-corrected chi connectivity index (χ0v) is 23.6. The van der Waals surface area contributed by atoms with Gasteiger partial charge in [0.15, 0.2) is 0 Å². The fraction of sp³-hybridized carbons (Fsp3) is 0.333. The number of benzene rings is 3. The lowest BCUT2D eigenvalue weighted by Crippen LogP contribution is -2.51. The summed E-state index contributed by atoms with van der Waals surface area (Å²) in [6, 6.07) is 13.1. The van der Waals surface area contributed by atoms with Crippen LogP contribution in [-0.2, 0) is 20.7 Å². The minimum Gasteiger partial charge on any atom is -0.489 e. The number of alkyl carbamates (subject to hydrolysis) is 1. The second-order valence-electron chi connectivity index (χ2n) is 10.1. The molecule has 242 valence electrons. The van der Waals surface area contributed by atoms with Crippen LogP contribution in [0.2, 0.25) is 0 Å². The van der Waals surface area contributed by atoms with Gasteiger partial charge in [-0.15, -0.1) is 0 Å². The zero-order chi connectivity index (χ0) is 32.4. The molecule has 3 atom stereocenters. The van der Waals surface area contributed by atoms with E-state index in [1.807, 2.05) is 0 Å². The van der Waals surface area contributed by atoms with Crippen LogP contribution in [0.3, 0.4) is 0 Å². The summed E-state index contributed by atoms with van der Waals surface area (Å²) in [7, 11) is 0. The maximum Gasteiger partial charge on any atom is 0.407 e. The highest BCUT2D eigenvalue weighted by Gasteiger charge is 2.29. The van der Waals surface area contributed by atoms with E-state index in [2.05, 4.69) is 16.0 Å². The Morgan fingerprint density at radius 3 is 2.29 bits per heavy atom. The van der Waals surface area contributed by atoms with Crippen LogP contribution in [0.25, 0.3) is 0 Å². The van der Waals surface area contributed by atoms with E-state index in [0.29, 0.717) is 11.3 Å². The summed E-state index contributed by atoms with van der Waals surface area (Å²) in [6.07, 6.45) is -6.26. The molecule has 2 amide bonds. The second kappa shape index (κ2) is 15.5. The Labute approximate surface area is 254 Å². The number of carbonyl (C=O) groups excluding carboxylic acids is 2. The number of anilines is 2. The molecule has 1 aliphatic rings. The van der Waals surface area contributed by atoms with E-state index in [9.17, 15) is 31.5 Å². The van der Waals surface area contributed by atoms with E-state index in [-0.39, 0.29) is 44.2 Å². The topological polar surface area (TPSA) is 110 Å². The van der Waals surface area contributed by atoms with Gasteiger partial charge in [0.25, 0.3) is 0 Å². The van der Waals surface area contributed by atoms with Crippen LogP contribution >= 0.6 is 0 Å². The molecule has 0 aromatic heterocycles. The predicted molar refractivity (Wildman–Crippen MR) is 151 cm³/mol. The van der Waals surface area contributed by atoms with Crippen molar-refractivity contribution < 1.29 is 50.1 Å². The average molecular weight is 641 g/mol. The number of morpholine rings is 1. The number of nitrogens with one attached hydrogen (secondary N) is 4. The van der Waals surface area contributed by atoms with Crippen LogP contribution in [0.5, 0.6) is 5.75 Å². The van der Waals surface area contributed by atoms with Crippen LogP contribution in [-0.4, -0.2) is 69.3 Å². The van der Waals surface area contributed by atoms with Crippen molar-refractivity contribution in [1.29, 1.82) is 0 Å². The summed E-state index contributed by atoms with van der Waals surface area (Å²) in [5, 5.41) is 10.2. The number of carbonyl (C=O) groups is 2. The molecule has 0 bridgehead atoms. The van der Waals surface area contributed by atoms with Crippen LogP contribution in [0.15, 0.2) is 66.7 Å². The van der Waals surface area contributed by atoms with E-state index in [4.69, 9.17) is 14.2 Å².